The van der Waals surface area contributed by atoms with Crippen molar-refractivity contribution in [2.24, 2.45) is 5.41 Å². The van der Waals surface area contributed by atoms with Crippen LogP contribution in [-0.4, -0.2) is 86.8 Å². The van der Waals surface area contributed by atoms with E-state index in [1.165, 1.54) is 16.8 Å². The Labute approximate surface area is 199 Å². The number of alkyl halides is 6. The number of halogens is 6. The van der Waals surface area contributed by atoms with Crippen LogP contribution in [0, 0.1) is 12.3 Å². The first-order chi connectivity index (χ1) is 16.4. The van der Waals surface area contributed by atoms with E-state index in [2.05, 4.69) is 39.7 Å². The van der Waals surface area contributed by atoms with Crippen LogP contribution in [-0.2, 0) is 16.0 Å². The van der Waals surface area contributed by atoms with E-state index in [4.69, 9.17) is 4.74 Å². The molecule has 3 heterocycles. The number of carbonyl (C=O) groups is 1. The summed E-state index contributed by atoms with van der Waals surface area (Å²) in [6, 6.07) is 6.42. The molecule has 1 aromatic rings. The molecule has 0 N–H and O–H groups in total. The Morgan fingerprint density at radius 2 is 1.63 bits per heavy atom. The molecule has 0 atom stereocenters. The predicted molar refractivity (Wildman–Crippen MR) is 115 cm³/mol. The van der Waals surface area contributed by atoms with Crippen molar-refractivity contribution in [2.75, 3.05) is 57.4 Å². The molecule has 196 valence electrons. The number of aryl methyl sites for hydroxylation is 1. The quantitative estimate of drug-likeness (QED) is 0.565. The molecule has 4 rings (SSSR count). The summed E-state index contributed by atoms with van der Waals surface area (Å²) in [5.41, 5.74) is 3.50. The molecule has 0 unspecified atom stereocenters. The van der Waals surface area contributed by atoms with E-state index in [0.29, 0.717) is 12.8 Å². The number of ether oxygens (including phenoxy) is 2. The molecule has 0 bridgehead atoms. The number of carbonyl (C=O) groups excluding carboxylic acids is 1. The Hall–Kier alpha value is -2.21. The molecule has 3 fully saturated rings. The van der Waals surface area contributed by atoms with Gasteiger partial charge in [0.05, 0.1) is 13.2 Å². The van der Waals surface area contributed by atoms with Crippen LogP contribution < -0.4 is 4.90 Å². The monoisotopic (exact) mass is 509 g/mol. The maximum absolute atomic E-state index is 12.7. The summed E-state index contributed by atoms with van der Waals surface area (Å²) in [5.74, 6) is 0. The molecule has 0 aliphatic carbocycles. The van der Waals surface area contributed by atoms with E-state index >= 15 is 0 Å². The van der Waals surface area contributed by atoms with Crippen LogP contribution >= 0.6 is 0 Å². The summed E-state index contributed by atoms with van der Waals surface area (Å²) in [6.07, 6.45) is -16.1. The Kier molecular flexibility index (Phi) is 7.16. The van der Waals surface area contributed by atoms with Crippen LogP contribution in [0.15, 0.2) is 18.2 Å². The van der Waals surface area contributed by atoms with Crippen LogP contribution in [0.4, 0.5) is 36.8 Å². The number of benzene rings is 1. The third-order valence-corrected chi connectivity index (χ3v) is 7.11. The average molecular weight is 509 g/mol. The summed E-state index contributed by atoms with van der Waals surface area (Å²) in [7, 11) is 0. The molecular weight excluding hydrogens is 480 g/mol. The number of hydrogen-bond donors (Lipinski definition) is 0. The van der Waals surface area contributed by atoms with Gasteiger partial charge in [-0.1, -0.05) is 6.07 Å². The second-order valence-electron chi connectivity index (χ2n) is 9.69. The second-order valence-corrected chi connectivity index (χ2v) is 9.69. The number of morpholine rings is 1. The minimum absolute atomic E-state index is 0.0718. The van der Waals surface area contributed by atoms with Gasteiger partial charge in [0.25, 0.3) is 6.10 Å². The smallest absolute Gasteiger partial charge is 0.426 e. The zero-order valence-electron chi connectivity index (χ0n) is 19.4. The van der Waals surface area contributed by atoms with Crippen LogP contribution in [0.3, 0.4) is 0 Å². The highest BCUT2D eigenvalue weighted by Crippen LogP contribution is 2.42. The van der Waals surface area contributed by atoms with Crippen molar-refractivity contribution in [3.8, 4) is 0 Å². The SMILES string of the molecule is Cc1cc(N2CCOCC2)ccc1CN1CC2(CCN(C(=O)OC(C(F)(F)F)C(F)(F)F)CC2)C1. The van der Waals surface area contributed by atoms with E-state index in [1.54, 1.807) is 0 Å². The summed E-state index contributed by atoms with van der Waals surface area (Å²) in [4.78, 5) is 17.5. The van der Waals surface area contributed by atoms with Crippen molar-refractivity contribution in [3.63, 3.8) is 0 Å². The van der Waals surface area contributed by atoms with Gasteiger partial charge in [-0.3, -0.25) is 4.90 Å². The Morgan fingerprint density at radius 3 is 2.17 bits per heavy atom. The number of rotatable bonds is 4. The lowest BCUT2D eigenvalue weighted by atomic mass is 9.72. The lowest BCUT2D eigenvalue weighted by Crippen LogP contribution is -2.60. The Morgan fingerprint density at radius 1 is 1.03 bits per heavy atom. The highest BCUT2D eigenvalue weighted by atomic mass is 19.4. The average Bonchev–Trinajstić information content (AvgIpc) is 2.77. The van der Waals surface area contributed by atoms with Crippen molar-refractivity contribution < 1.29 is 40.6 Å². The highest BCUT2D eigenvalue weighted by molar-refractivity contribution is 5.68. The Bertz CT molecular complexity index is 887. The van der Waals surface area contributed by atoms with Crippen LogP contribution in [0.1, 0.15) is 24.0 Å². The van der Waals surface area contributed by atoms with Gasteiger partial charge in [-0.05, 0) is 48.4 Å². The molecule has 1 amide bonds. The van der Waals surface area contributed by atoms with Crippen molar-refractivity contribution in [1.82, 2.24) is 9.80 Å². The topological polar surface area (TPSA) is 45.2 Å². The van der Waals surface area contributed by atoms with E-state index in [9.17, 15) is 31.1 Å². The first-order valence-electron chi connectivity index (χ1n) is 11.6. The number of piperidine rings is 1. The fourth-order valence-corrected chi connectivity index (χ4v) is 5.11. The van der Waals surface area contributed by atoms with Gasteiger partial charge >= 0.3 is 18.4 Å². The predicted octanol–water partition coefficient (Wildman–Crippen LogP) is 4.36. The molecule has 35 heavy (non-hydrogen) atoms. The van der Waals surface area contributed by atoms with Gasteiger partial charge in [0.1, 0.15) is 0 Å². The summed E-state index contributed by atoms with van der Waals surface area (Å²) < 4.78 is 85.2. The molecule has 0 saturated carbocycles. The molecule has 1 spiro atoms. The van der Waals surface area contributed by atoms with E-state index < -0.39 is 24.5 Å². The lowest BCUT2D eigenvalue weighted by Gasteiger charge is -2.54. The highest BCUT2D eigenvalue weighted by Gasteiger charge is 2.60. The largest absolute Gasteiger partial charge is 0.434 e. The van der Waals surface area contributed by atoms with Crippen LogP contribution in [0.5, 0.6) is 0 Å². The number of hydrogen-bond acceptors (Lipinski definition) is 5. The third kappa shape index (κ3) is 5.96. The maximum atomic E-state index is 12.7. The molecule has 0 aromatic heterocycles. The third-order valence-electron chi connectivity index (χ3n) is 7.11. The van der Waals surface area contributed by atoms with Gasteiger partial charge in [0, 0.05) is 51.5 Å². The van der Waals surface area contributed by atoms with Crippen molar-refractivity contribution in [1.29, 1.82) is 0 Å². The zero-order chi connectivity index (χ0) is 25.4. The number of amides is 1. The zero-order valence-corrected chi connectivity index (χ0v) is 19.4. The van der Waals surface area contributed by atoms with Crippen molar-refractivity contribution in [2.45, 2.75) is 44.8 Å². The molecule has 0 radical (unpaired) electrons. The standard InChI is InChI=1S/C23H29F6N3O3/c1-16-12-18(31-8-10-34-11-9-31)3-2-17(16)13-30-14-21(15-30)4-6-32(7-5-21)20(33)35-19(22(24,25)26)23(27,28)29/h2-3,12,19H,4-11,13-15H2,1H3. The fraction of sp³-hybridized carbons (Fsp3) is 0.696. The van der Waals surface area contributed by atoms with Gasteiger partial charge in [-0.25, -0.2) is 4.79 Å². The first kappa shape index (κ1) is 25.9. The maximum Gasteiger partial charge on any atom is 0.434 e. The van der Waals surface area contributed by atoms with Crippen LogP contribution in [0.2, 0.25) is 0 Å². The van der Waals surface area contributed by atoms with E-state index in [0.717, 1.165) is 50.8 Å². The van der Waals surface area contributed by atoms with Gasteiger partial charge in [-0.15, -0.1) is 0 Å². The molecule has 6 nitrogen and oxygen atoms in total. The molecular formula is C23H29F6N3O3. The van der Waals surface area contributed by atoms with Crippen molar-refractivity contribution >= 4 is 11.8 Å². The van der Waals surface area contributed by atoms with Crippen molar-refractivity contribution in [3.05, 3.63) is 29.3 Å². The van der Waals surface area contributed by atoms with E-state index in [-0.39, 0.29) is 18.5 Å². The number of anilines is 1. The Balaban J connectivity index is 1.26. The number of likely N-dealkylation sites (tertiary alicyclic amines) is 2. The minimum Gasteiger partial charge on any atom is -0.426 e. The molecule has 3 aliphatic rings. The molecule has 1 aromatic carbocycles. The fourth-order valence-electron chi connectivity index (χ4n) is 5.11. The summed E-state index contributed by atoms with van der Waals surface area (Å²) in [6.45, 7) is 7.70. The van der Waals surface area contributed by atoms with Gasteiger partial charge < -0.3 is 19.3 Å². The first-order valence-corrected chi connectivity index (χ1v) is 11.6. The van der Waals surface area contributed by atoms with Crippen LogP contribution in [0.25, 0.3) is 0 Å². The van der Waals surface area contributed by atoms with Gasteiger partial charge in [-0.2, -0.15) is 26.3 Å². The number of nitrogens with zero attached hydrogens (tertiary/aromatic N) is 3. The molecule has 12 heteroatoms. The summed E-state index contributed by atoms with van der Waals surface area (Å²) in [5, 5.41) is 0. The van der Waals surface area contributed by atoms with E-state index in [1.807, 2.05) is 0 Å². The summed E-state index contributed by atoms with van der Waals surface area (Å²) >= 11 is 0. The normalized spacial score (nSPS) is 21.4. The van der Waals surface area contributed by atoms with Gasteiger partial charge in [0.15, 0.2) is 0 Å². The minimum atomic E-state index is -5.71. The van der Waals surface area contributed by atoms with Gasteiger partial charge in [0.2, 0.25) is 0 Å². The second kappa shape index (κ2) is 9.68. The molecule has 3 saturated heterocycles. The lowest BCUT2D eigenvalue weighted by molar-refractivity contribution is -0.308. The molecule has 3 aliphatic heterocycles.